The first-order chi connectivity index (χ1) is 47.7. The van der Waals surface area contributed by atoms with E-state index in [1.807, 2.05) is 0 Å². The van der Waals surface area contributed by atoms with E-state index in [2.05, 4.69) is 48.5 Å². The van der Waals surface area contributed by atoms with Crippen LogP contribution in [0.15, 0.2) is 0 Å². The fourth-order valence-corrected chi connectivity index (χ4v) is 13.9. The summed E-state index contributed by atoms with van der Waals surface area (Å²) in [5, 5.41) is 10.6. The van der Waals surface area contributed by atoms with Crippen LogP contribution in [0.5, 0.6) is 0 Å². The Kier molecular flexibility index (Phi) is 69.0. The fraction of sp³-hybridized carbons (Fsp3) is 0.950. The normalized spacial score (nSPS) is 14.0. The van der Waals surface area contributed by atoms with Gasteiger partial charge in [0.1, 0.15) is 19.3 Å². The van der Waals surface area contributed by atoms with Crippen molar-refractivity contribution in [3.05, 3.63) is 0 Å². The van der Waals surface area contributed by atoms with Crippen molar-refractivity contribution in [2.24, 2.45) is 17.8 Å². The number of phosphoric acid groups is 2. The largest absolute Gasteiger partial charge is 0.472 e. The second-order valence-electron chi connectivity index (χ2n) is 30.2. The standard InChI is InChI=1S/C80H156O17P2/c1-8-9-10-11-12-13-14-21-29-34-41-49-56-63-79(84)97-76(68-91-78(83)62-55-48-43-36-39-46-53-60-73(6)7)70-95-99(88,89)93-66-74(81)65-92-98(86,87)94-69-75(96-80(85)64-57-50-42-35-30-25-20-16-18-23-27-32-38-45-52-59-72(4)5)67-90-77(82)61-54-47-40-33-28-24-19-15-17-22-26-31-37-44-51-58-71(2)3/h71-76,81H,8-70H2,1-7H3,(H,86,87)(H,88,89)/t74-,75-,76-/m1/s1. The Morgan fingerprint density at radius 2 is 0.465 bits per heavy atom. The first kappa shape index (κ1) is 97.1. The quantitative estimate of drug-likeness (QED) is 0.0222. The molecule has 17 nitrogen and oxygen atoms in total. The average molecular weight is 1450 g/mol. The molecule has 0 fully saturated rings. The summed E-state index contributed by atoms with van der Waals surface area (Å²) >= 11 is 0. The van der Waals surface area contributed by atoms with E-state index < -0.39 is 97.5 Å². The number of phosphoric ester groups is 2. The van der Waals surface area contributed by atoms with Crippen LogP contribution in [0.1, 0.15) is 414 Å². The van der Waals surface area contributed by atoms with Gasteiger partial charge in [0.2, 0.25) is 0 Å². The van der Waals surface area contributed by atoms with Gasteiger partial charge in [0, 0.05) is 25.7 Å². The van der Waals surface area contributed by atoms with Crippen molar-refractivity contribution in [3.8, 4) is 0 Å². The Morgan fingerprint density at radius 1 is 0.273 bits per heavy atom. The number of carbonyl (C=O) groups is 4. The molecule has 99 heavy (non-hydrogen) atoms. The molecule has 0 aliphatic carbocycles. The van der Waals surface area contributed by atoms with Crippen LogP contribution in [0.2, 0.25) is 0 Å². The molecule has 0 rings (SSSR count). The molecule has 2 unspecified atom stereocenters. The molecule has 19 heteroatoms. The van der Waals surface area contributed by atoms with E-state index in [0.29, 0.717) is 31.6 Å². The predicted octanol–water partition coefficient (Wildman–Crippen LogP) is 23.7. The molecular formula is C80H156O17P2. The maximum Gasteiger partial charge on any atom is 0.472 e. The summed E-state index contributed by atoms with van der Waals surface area (Å²) in [7, 11) is -9.92. The minimum Gasteiger partial charge on any atom is -0.462 e. The molecule has 0 aromatic rings. The van der Waals surface area contributed by atoms with E-state index in [0.717, 1.165) is 108 Å². The molecule has 0 bridgehead atoms. The van der Waals surface area contributed by atoms with Crippen molar-refractivity contribution in [3.63, 3.8) is 0 Å². The molecule has 0 saturated carbocycles. The number of hydrogen-bond acceptors (Lipinski definition) is 15. The van der Waals surface area contributed by atoms with Crippen molar-refractivity contribution in [1.82, 2.24) is 0 Å². The summed E-state index contributed by atoms with van der Waals surface area (Å²) in [6, 6.07) is 0. The van der Waals surface area contributed by atoms with Crippen LogP contribution in [-0.2, 0) is 65.4 Å². The van der Waals surface area contributed by atoms with E-state index in [9.17, 15) is 43.2 Å². The summed E-state index contributed by atoms with van der Waals surface area (Å²) in [4.78, 5) is 73.0. The lowest BCUT2D eigenvalue weighted by Crippen LogP contribution is -2.30. The Balaban J connectivity index is 5.24. The van der Waals surface area contributed by atoms with Crippen molar-refractivity contribution in [1.29, 1.82) is 0 Å². The van der Waals surface area contributed by atoms with E-state index in [1.54, 1.807) is 0 Å². The number of aliphatic hydroxyl groups excluding tert-OH is 1. The van der Waals surface area contributed by atoms with Crippen molar-refractivity contribution in [2.75, 3.05) is 39.6 Å². The molecule has 0 aromatic heterocycles. The lowest BCUT2D eigenvalue weighted by molar-refractivity contribution is -0.161. The zero-order valence-corrected chi connectivity index (χ0v) is 66.8. The first-order valence-electron chi connectivity index (χ1n) is 41.3. The van der Waals surface area contributed by atoms with Gasteiger partial charge < -0.3 is 33.8 Å². The third-order valence-corrected chi connectivity index (χ3v) is 20.5. The monoisotopic (exact) mass is 1450 g/mol. The number of hydrogen-bond donors (Lipinski definition) is 3. The zero-order valence-electron chi connectivity index (χ0n) is 65.0. The molecule has 3 N–H and O–H groups in total. The van der Waals surface area contributed by atoms with Gasteiger partial charge in [-0.2, -0.15) is 0 Å². The van der Waals surface area contributed by atoms with Crippen molar-refractivity contribution in [2.45, 2.75) is 433 Å². The minimum absolute atomic E-state index is 0.107. The molecule has 0 aromatic carbocycles. The van der Waals surface area contributed by atoms with Gasteiger partial charge in [-0.15, -0.1) is 0 Å². The van der Waals surface area contributed by atoms with Crippen LogP contribution < -0.4 is 0 Å². The smallest absolute Gasteiger partial charge is 0.462 e. The van der Waals surface area contributed by atoms with Gasteiger partial charge in [-0.05, 0) is 43.4 Å². The fourth-order valence-electron chi connectivity index (χ4n) is 12.3. The molecule has 0 heterocycles. The van der Waals surface area contributed by atoms with E-state index >= 15 is 0 Å². The molecule has 588 valence electrons. The molecule has 0 radical (unpaired) electrons. The molecular weight excluding hydrogens is 1290 g/mol. The number of unbranched alkanes of at least 4 members (excludes halogenated alkanes) is 46. The van der Waals surface area contributed by atoms with Crippen LogP contribution in [-0.4, -0.2) is 96.7 Å². The summed E-state index contributed by atoms with van der Waals surface area (Å²) in [6.07, 6.45) is 58.3. The summed E-state index contributed by atoms with van der Waals surface area (Å²) in [6.45, 7) is 11.9. The maximum absolute atomic E-state index is 13.1. The number of rotatable bonds is 78. The van der Waals surface area contributed by atoms with E-state index in [-0.39, 0.29) is 25.7 Å². The molecule has 0 saturated heterocycles. The van der Waals surface area contributed by atoms with Crippen molar-refractivity contribution >= 4 is 39.5 Å². The minimum atomic E-state index is -4.96. The molecule has 0 aliphatic rings. The van der Waals surface area contributed by atoms with Crippen LogP contribution in [0.4, 0.5) is 0 Å². The van der Waals surface area contributed by atoms with Crippen LogP contribution in [0.3, 0.4) is 0 Å². The van der Waals surface area contributed by atoms with Gasteiger partial charge in [-0.1, -0.05) is 363 Å². The average Bonchev–Trinajstić information content (AvgIpc) is 1.18. The Bertz CT molecular complexity index is 1920. The highest BCUT2D eigenvalue weighted by Gasteiger charge is 2.30. The predicted molar refractivity (Wildman–Crippen MR) is 405 cm³/mol. The number of ether oxygens (including phenoxy) is 4. The highest BCUT2D eigenvalue weighted by molar-refractivity contribution is 7.47. The first-order valence-corrected chi connectivity index (χ1v) is 44.3. The highest BCUT2D eigenvalue weighted by atomic mass is 31.2. The summed E-state index contributed by atoms with van der Waals surface area (Å²) in [5.41, 5.74) is 0. The second-order valence-corrected chi connectivity index (χ2v) is 33.1. The Hall–Kier alpha value is -1.94. The van der Waals surface area contributed by atoms with Gasteiger partial charge in [0.05, 0.1) is 26.4 Å². The number of esters is 4. The summed E-state index contributed by atoms with van der Waals surface area (Å²) in [5.74, 6) is 0.202. The SMILES string of the molecule is CCCCCCCCCCCCCCCC(=O)O[C@H](COC(=O)CCCCCCCCCC(C)C)COP(=O)(O)OC[C@H](O)COP(=O)(O)OC[C@@H](COC(=O)CCCCCCCCCCCCCCCCCC(C)C)OC(=O)CCCCCCCCCCCCCCCCCC(C)C. The molecule has 0 spiro atoms. The third-order valence-electron chi connectivity index (χ3n) is 18.6. The van der Waals surface area contributed by atoms with Gasteiger partial charge in [0.15, 0.2) is 12.2 Å². The van der Waals surface area contributed by atoms with Crippen LogP contribution >= 0.6 is 15.6 Å². The lowest BCUT2D eigenvalue weighted by Gasteiger charge is -2.21. The molecule has 0 amide bonds. The van der Waals surface area contributed by atoms with Gasteiger partial charge in [-0.3, -0.25) is 37.3 Å². The van der Waals surface area contributed by atoms with Crippen LogP contribution in [0.25, 0.3) is 0 Å². The van der Waals surface area contributed by atoms with E-state index in [1.165, 1.54) is 218 Å². The van der Waals surface area contributed by atoms with Gasteiger partial charge >= 0.3 is 39.5 Å². The van der Waals surface area contributed by atoms with Gasteiger partial charge in [0.25, 0.3) is 0 Å². The number of aliphatic hydroxyl groups is 1. The molecule has 5 atom stereocenters. The topological polar surface area (TPSA) is 237 Å². The second kappa shape index (κ2) is 70.4. The molecule has 0 aliphatic heterocycles. The Morgan fingerprint density at radius 3 is 0.687 bits per heavy atom. The van der Waals surface area contributed by atoms with E-state index in [4.69, 9.17) is 37.0 Å². The van der Waals surface area contributed by atoms with Crippen LogP contribution in [0, 0.1) is 17.8 Å². The highest BCUT2D eigenvalue weighted by Crippen LogP contribution is 2.45. The zero-order chi connectivity index (χ0) is 73.0. The van der Waals surface area contributed by atoms with Gasteiger partial charge in [-0.25, -0.2) is 9.13 Å². The summed E-state index contributed by atoms with van der Waals surface area (Å²) < 4.78 is 68.7. The van der Waals surface area contributed by atoms with Crippen molar-refractivity contribution < 1.29 is 80.2 Å². The maximum atomic E-state index is 13.1. The lowest BCUT2D eigenvalue weighted by atomic mass is 10.0. The third kappa shape index (κ3) is 74.1. The Labute approximate surface area is 607 Å². The number of carbonyl (C=O) groups excluding carboxylic acids is 4.